The molecule has 2 N–H and O–H groups in total. The number of nitrogens with zero attached hydrogens (tertiary/aromatic N) is 1. The number of anilines is 1. The summed E-state index contributed by atoms with van der Waals surface area (Å²) in [6.45, 7) is 5.57. The van der Waals surface area contributed by atoms with Crippen molar-refractivity contribution < 1.29 is 0 Å². The van der Waals surface area contributed by atoms with Crippen molar-refractivity contribution in [2.75, 3.05) is 18.8 Å². The second kappa shape index (κ2) is 6.97. The Kier molecular flexibility index (Phi) is 4.79. The normalized spacial score (nSPS) is 16.8. The van der Waals surface area contributed by atoms with Crippen molar-refractivity contribution in [1.29, 1.82) is 0 Å². The molecular formula is C20H26N2. The van der Waals surface area contributed by atoms with Crippen molar-refractivity contribution in [1.82, 2.24) is 4.90 Å². The first-order chi connectivity index (χ1) is 10.7. The first-order valence-electron chi connectivity index (χ1n) is 8.32. The van der Waals surface area contributed by atoms with E-state index < -0.39 is 0 Å². The van der Waals surface area contributed by atoms with E-state index in [2.05, 4.69) is 54.3 Å². The predicted molar refractivity (Wildman–Crippen MR) is 93.7 cm³/mol. The Morgan fingerprint density at radius 3 is 2.45 bits per heavy atom. The van der Waals surface area contributed by atoms with Gasteiger partial charge in [0.15, 0.2) is 0 Å². The van der Waals surface area contributed by atoms with Crippen LogP contribution in [-0.2, 0) is 13.0 Å². The highest BCUT2D eigenvalue weighted by Crippen LogP contribution is 2.24. The number of hydrogen-bond acceptors (Lipinski definition) is 2. The SMILES string of the molecule is Cc1c(N)cccc1CN1CCC(Cc2ccccc2)CC1. The van der Waals surface area contributed by atoms with Crippen LogP contribution in [0.2, 0.25) is 0 Å². The number of likely N-dealkylation sites (tertiary alicyclic amines) is 1. The molecule has 0 unspecified atom stereocenters. The van der Waals surface area contributed by atoms with Gasteiger partial charge in [0.05, 0.1) is 0 Å². The van der Waals surface area contributed by atoms with Crippen molar-refractivity contribution in [3.05, 3.63) is 65.2 Å². The monoisotopic (exact) mass is 294 g/mol. The second-order valence-corrected chi connectivity index (χ2v) is 6.54. The highest BCUT2D eigenvalue weighted by Gasteiger charge is 2.20. The van der Waals surface area contributed by atoms with E-state index in [0.717, 1.165) is 18.2 Å². The summed E-state index contributed by atoms with van der Waals surface area (Å²) in [6, 6.07) is 17.2. The molecule has 3 rings (SSSR count). The van der Waals surface area contributed by atoms with E-state index in [1.165, 1.54) is 49.0 Å². The maximum atomic E-state index is 6.02. The van der Waals surface area contributed by atoms with Gasteiger partial charge >= 0.3 is 0 Å². The molecule has 0 radical (unpaired) electrons. The van der Waals surface area contributed by atoms with Crippen LogP contribution in [-0.4, -0.2) is 18.0 Å². The highest BCUT2D eigenvalue weighted by atomic mass is 15.1. The molecule has 0 amide bonds. The van der Waals surface area contributed by atoms with Crippen LogP contribution in [0.5, 0.6) is 0 Å². The summed E-state index contributed by atoms with van der Waals surface area (Å²) in [4.78, 5) is 2.57. The third-order valence-corrected chi connectivity index (χ3v) is 4.96. The molecule has 0 saturated carbocycles. The molecular weight excluding hydrogens is 268 g/mol. The summed E-state index contributed by atoms with van der Waals surface area (Å²) in [6.07, 6.45) is 3.83. The second-order valence-electron chi connectivity index (χ2n) is 6.54. The summed E-state index contributed by atoms with van der Waals surface area (Å²) >= 11 is 0. The van der Waals surface area contributed by atoms with Crippen molar-refractivity contribution in [3.63, 3.8) is 0 Å². The first kappa shape index (κ1) is 15.1. The molecule has 22 heavy (non-hydrogen) atoms. The van der Waals surface area contributed by atoms with Gasteiger partial charge in [-0.05, 0) is 68.0 Å². The van der Waals surface area contributed by atoms with E-state index in [4.69, 9.17) is 5.73 Å². The number of benzene rings is 2. The van der Waals surface area contributed by atoms with Crippen molar-refractivity contribution in [2.45, 2.75) is 32.7 Å². The Hall–Kier alpha value is -1.80. The minimum atomic E-state index is 0.834. The van der Waals surface area contributed by atoms with Crippen LogP contribution in [0.15, 0.2) is 48.5 Å². The average molecular weight is 294 g/mol. The van der Waals surface area contributed by atoms with E-state index in [-0.39, 0.29) is 0 Å². The number of hydrogen-bond donors (Lipinski definition) is 1. The van der Waals surface area contributed by atoms with Gasteiger partial charge in [0.1, 0.15) is 0 Å². The lowest BCUT2D eigenvalue weighted by Gasteiger charge is -2.32. The molecule has 1 saturated heterocycles. The zero-order chi connectivity index (χ0) is 15.4. The molecule has 0 spiro atoms. The lowest BCUT2D eigenvalue weighted by atomic mass is 9.90. The number of nitrogen functional groups attached to an aromatic ring is 1. The number of nitrogens with two attached hydrogens (primary N) is 1. The third-order valence-electron chi connectivity index (χ3n) is 4.96. The van der Waals surface area contributed by atoms with E-state index in [0.29, 0.717) is 0 Å². The molecule has 1 fully saturated rings. The molecule has 0 atom stereocenters. The fourth-order valence-corrected chi connectivity index (χ4v) is 3.41. The Balaban J connectivity index is 1.52. The molecule has 2 heteroatoms. The zero-order valence-electron chi connectivity index (χ0n) is 13.5. The summed E-state index contributed by atoms with van der Waals surface area (Å²) in [5, 5.41) is 0. The summed E-state index contributed by atoms with van der Waals surface area (Å²) in [7, 11) is 0. The van der Waals surface area contributed by atoms with Crippen molar-refractivity contribution >= 4 is 5.69 Å². The van der Waals surface area contributed by atoms with Crippen molar-refractivity contribution in [3.8, 4) is 0 Å². The molecule has 0 aliphatic carbocycles. The first-order valence-corrected chi connectivity index (χ1v) is 8.32. The molecule has 116 valence electrons. The van der Waals surface area contributed by atoms with Crippen LogP contribution < -0.4 is 5.73 Å². The lowest BCUT2D eigenvalue weighted by molar-refractivity contribution is 0.177. The van der Waals surface area contributed by atoms with Gasteiger partial charge in [0.2, 0.25) is 0 Å². The van der Waals surface area contributed by atoms with E-state index in [1.54, 1.807) is 0 Å². The van der Waals surface area contributed by atoms with Crippen LogP contribution in [0.25, 0.3) is 0 Å². The van der Waals surface area contributed by atoms with Gasteiger partial charge < -0.3 is 5.73 Å². The summed E-state index contributed by atoms with van der Waals surface area (Å²) in [5.74, 6) is 0.834. The predicted octanol–water partition coefficient (Wildman–Crippen LogP) is 4.03. The fourth-order valence-electron chi connectivity index (χ4n) is 3.41. The topological polar surface area (TPSA) is 29.3 Å². The molecule has 0 bridgehead atoms. The largest absolute Gasteiger partial charge is 0.399 e. The smallest absolute Gasteiger partial charge is 0.0346 e. The van der Waals surface area contributed by atoms with E-state index in [1.807, 2.05) is 6.07 Å². The van der Waals surface area contributed by atoms with E-state index >= 15 is 0 Å². The summed E-state index contributed by atoms with van der Waals surface area (Å²) in [5.41, 5.74) is 11.0. The molecule has 2 nitrogen and oxygen atoms in total. The van der Waals surface area contributed by atoms with Crippen molar-refractivity contribution in [2.24, 2.45) is 5.92 Å². The molecule has 0 aromatic heterocycles. The quantitative estimate of drug-likeness (QED) is 0.863. The fraction of sp³-hybridized carbons (Fsp3) is 0.400. The van der Waals surface area contributed by atoms with Crippen LogP contribution in [0.3, 0.4) is 0 Å². The molecule has 1 heterocycles. The van der Waals surface area contributed by atoms with Gasteiger partial charge in [-0.15, -0.1) is 0 Å². The lowest BCUT2D eigenvalue weighted by Crippen LogP contribution is -2.34. The summed E-state index contributed by atoms with van der Waals surface area (Å²) < 4.78 is 0. The van der Waals surface area contributed by atoms with Gasteiger partial charge in [-0.3, -0.25) is 4.90 Å². The van der Waals surface area contributed by atoms with Crippen LogP contribution in [0.1, 0.15) is 29.5 Å². The van der Waals surface area contributed by atoms with E-state index in [9.17, 15) is 0 Å². The molecule has 2 aromatic rings. The third kappa shape index (κ3) is 3.69. The Morgan fingerprint density at radius 1 is 1.00 bits per heavy atom. The minimum absolute atomic E-state index is 0.834. The van der Waals surface area contributed by atoms with Crippen LogP contribution in [0.4, 0.5) is 5.69 Å². The van der Waals surface area contributed by atoms with Crippen LogP contribution >= 0.6 is 0 Å². The Bertz CT molecular complexity index is 598. The molecule has 1 aliphatic heterocycles. The van der Waals surface area contributed by atoms with Gasteiger partial charge in [0.25, 0.3) is 0 Å². The van der Waals surface area contributed by atoms with Gasteiger partial charge in [-0.25, -0.2) is 0 Å². The number of rotatable bonds is 4. The minimum Gasteiger partial charge on any atom is -0.399 e. The number of piperidine rings is 1. The Labute approximate surface area is 134 Å². The molecule has 2 aromatic carbocycles. The van der Waals surface area contributed by atoms with Gasteiger partial charge in [0, 0.05) is 12.2 Å². The van der Waals surface area contributed by atoms with Crippen LogP contribution in [0, 0.1) is 12.8 Å². The van der Waals surface area contributed by atoms with Gasteiger partial charge in [-0.1, -0.05) is 42.5 Å². The zero-order valence-corrected chi connectivity index (χ0v) is 13.5. The Morgan fingerprint density at radius 2 is 1.73 bits per heavy atom. The average Bonchev–Trinajstić information content (AvgIpc) is 2.55. The standard InChI is InChI=1S/C20H26N2/c1-16-19(8-5-9-20(16)21)15-22-12-10-18(11-13-22)14-17-6-3-2-4-7-17/h2-9,18H,10-15,21H2,1H3. The van der Waals surface area contributed by atoms with Gasteiger partial charge in [-0.2, -0.15) is 0 Å². The highest BCUT2D eigenvalue weighted by molar-refractivity contribution is 5.49. The molecule has 1 aliphatic rings. The maximum Gasteiger partial charge on any atom is 0.0346 e. The maximum absolute atomic E-state index is 6.02.